The quantitative estimate of drug-likeness (QED) is 0.788. The molecule has 1 aliphatic carbocycles. The molecule has 78 valence electrons. The van der Waals surface area contributed by atoms with Crippen LogP contribution >= 0.6 is 0 Å². The summed E-state index contributed by atoms with van der Waals surface area (Å²) in [7, 11) is 0. The number of hydrogen-bond donors (Lipinski definition) is 1. The van der Waals surface area contributed by atoms with Crippen LogP contribution in [0.5, 0.6) is 0 Å². The van der Waals surface area contributed by atoms with E-state index in [0.717, 1.165) is 11.7 Å². The van der Waals surface area contributed by atoms with Gasteiger partial charge in [0.05, 0.1) is 6.61 Å². The van der Waals surface area contributed by atoms with E-state index in [1.165, 1.54) is 32.1 Å². The molecule has 14 heavy (non-hydrogen) atoms. The Morgan fingerprint density at radius 2 is 2.07 bits per heavy atom. The molecule has 0 saturated heterocycles. The van der Waals surface area contributed by atoms with Crippen molar-refractivity contribution in [3.05, 3.63) is 17.3 Å². The molecular formula is C11H17NO2. The molecule has 0 spiro atoms. The molecule has 1 N–H and O–H groups in total. The summed E-state index contributed by atoms with van der Waals surface area (Å²) in [6, 6.07) is 0. The lowest BCUT2D eigenvalue weighted by molar-refractivity contribution is 0.275. The maximum Gasteiger partial charge on any atom is 0.197 e. The minimum Gasteiger partial charge on any atom is -0.445 e. The normalized spacial score (nSPS) is 18.7. The lowest BCUT2D eigenvalue weighted by Gasteiger charge is -2.17. The van der Waals surface area contributed by atoms with Crippen molar-refractivity contribution >= 4 is 0 Å². The first-order valence-corrected chi connectivity index (χ1v) is 5.38. The van der Waals surface area contributed by atoms with Gasteiger partial charge in [-0.1, -0.05) is 19.3 Å². The fourth-order valence-corrected chi connectivity index (χ4v) is 2.12. The van der Waals surface area contributed by atoms with Crippen LogP contribution in [-0.2, 0) is 6.61 Å². The van der Waals surface area contributed by atoms with Crippen LogP contribution in [0.3, 0.4) is 0 Å². The minimum atomic E-state index is -0.0119. The van der Waals surface area contributed by atoms with Gasteiger partial charge in [-0.3, -0.25) is 0 Å². The van der Waals surface area contributed by atoms with Crippen molar-refractivity contribution in [1.82, 2.24) is 4.98 Å². The average molecular weight is 195 g/mol. The third kappa shape index (κ3) is 1.82. The summed E-state index contributed by atoms with van der Waals surface area (Å²) in [5, 5.41) is 9.01. The van der Waals surface area contributed by atoms with Crippen LogP contribution in [0, 0.1) is 6.92 Å². The predicted molar refractivity (Wildman–Crippen MR) is 53.0 cm³/mol. The molecule has 2 rings (SSSR count). The Kier molecular flexibility index (Phi) is 2.87. The second-order valence-corrected chi connectivity index (χ2v) is 4.05. The van der Waals surface area contributed by atoms with Gasteiger partial charge < -0.3 is 9.52 Å². The maximum absolute atomic E-state index is 9.01. The molecule has 3 heteroatoms. The smallest absolute Gasteiger partial charge is 0.197 e. The van der Waals surface area contributed by atoms with E-state index in [4.69, 9.17) is 9.52 Å². The first-order chi connectivity index (χ1) is 6.81. The van der Waals surface area contributed by atoms with Gasteiger partial charge in [0.2, 0.25) is 0 Å². The van der Waals surface area contributed by atoms with E-state index >= 15 is 0 Å². The number of aromatic nitrogens is 1. The minimum absolute atomic E-state index is 0.0119. The van der Waals surface area contributed by atoms with Crippen LogP contribution in [0.2, 0.25) is 0 Å². The zero-order chi connectivity index (χ0) is 9.97. The highest BCUT2D eigenvalue weighted by molar-refractivity contribution is 5.09. The monoisotopic (exact) mass is 195 g/mol. The summed E-state index contributed by atoms with van der Waals surface area (Å²) >= 11 is 0. The standard InChI is InChI=1S/C11H17NO2/c1-8-10(7-13)12-11(14-8)9-5-3-2-4-6-9/h9,13H,2-7H2,1H3. The molecule has 1 aromatic rings. The summed E-state index contributed by atoms with van der Waals surface area (Å²) in [6.07, 6.45) is 6.26. The molecule has 1 aliphatic rings. The summed E-state index contributed by atoms with van der Waals surface area (Å²) in [4.78, 5) is 4.34. The summed E-state index contributed by atoms with van der Waals surface area (Å²) in [5.74, 6) is 2.10. The van der Waals surface area contributed by atoms with Crippen molar-refractivity contribution in [3.63, 3.8) is 0 Å². The highest BCUT2D eigenvalue weighted by atomic mass is 16.4. The largest absolute Gasteiger partial charge is 0.445 e. The van der Waals surface area contributed by atoms with Crippen LogP contribution in [-0.4, -0.2) is 10.1 Å². The first-order valence-electron chi connectivity index (χ1n) is 5.38. The Morgan fingerprint density at radius 1 is 1.36 bits per heavy atom. The molecule has 1 aromatic heterocycles. The van der Waals surface area contributed by atoms with Crippen molar-refractivity contribution in [1.29, 1.82) is 0 Å². The van der Waals surface area contributed by atoms with Crippen molar-refractivity contribution in [2.75, 3.05) is 0 Å². The van der Waals surface area contributed by atoms with Gasteiger partial charge in [0.1, 0.15) is 11.5 Å². The van der Waals surface area contributed by atoms with Gasteiger partial charge in [-0.15, -0.1) is 0 Å². The molecule has 0 bridgehead atoms. The second-order valence-electron chi connectivity index (χ2n) is 4.05. The zero-order valence-corrected chi connectivity index (χ0v) is 8.62. The van der Waals surface area contributed by atoms with E-state index in [1.807, 2.05) is 6.92 Å². The van der Waals surface area contributed by atoms with Gasteiger partial charge in [-0.2, -0.15) is 0 Å². The SMILES string of the molecule is Cc1oc(C2CCCCC2)nc1CO. The highest BCUT2D eigenvalue weighted by Gasteiger charge is 2.21. The summed E-state index contributed by atoms with van der Waals surface area (Å²) < 4.78 is 5.57. The molecule has 0 unspecified atom stereocenters. The number of rotatable bonds is 2. The Labute approximate surface area is 84.2 Å². The number of aliphatic hydroxyl groups is 1. The summed E-state index contributed by atoms with van der Waals surface area (Å²) in [5.41, 5.74) is 0.700. The molecule has 0 amide bonds. The van der Waals surface area contributed by atoms with Gasteiger partial charge in [0.25, 0.3) is 0 Å². The van der Waals surface area contributed by atoms with E-state index < -0.39 is 0 Å². The van der Waals surface area contributed by atoms with Gasteiger partial charge in [0.15, 0.2) is 5.89 Å². The van der Waals surface area contributed by atoms with Crippen LogP contribution in [0.15, 0.2) is 4.42 Å². The Hall–Kier alpha value is -0.830. The van der Waals surface area contributed by atoms with Gasteiger partial charge in [-0.25, -0.2) is 4.98 Å². The Morgan fingerprint density at radius 3 is 2.64 bits per heavy atom. The van der Waals surface area contributed by atoms with Crippen LogP contribution in [0.4, 0.5) is 0 Å². The van der Waals surface area contributed by atoms with Gasteiger partial charge >= 0.3 is 0 Å². The van der Waals surface area contributed by atoms with Crippen molar-refractivity contribution in [2.24, 2.45) is 0 Å². The number of aliphatic hydroxyl groups excluding tert-OH is 1. The van der Waals surface area contributed by atoms with Crippen LogP contribution in [0.1, 0.15) is 55.4 Å². The van der Waals surface area contributed by atoms with Gasteiger partial charge in [0, 0.05) is 5.92 Å². The molecule has 1 saturated carbocycles. The molecule has 0 aromatic carbocycles. The highest BCUT2D eigenvalue weighted by Crippen LogP contribution is 2.32. The number of oxazole rings is 1. The predicted octanol–water partition coefficient (Wildman–Crippen LogP) is 2.52. The van der Waals surface area contributed by atoms with Crippen molar-refractivity contribution < 1.29 is 9.52 Å². The van der Waals surface area contributed by atoms with E-state index in [2.05, 4.69) is 4.98 Å². The number of nitrogens with zero attached hydrogens (tertiary/aromatic N) is 1. The molecule has 0 atom stereocenters. The summed E-state index contributed by atoms with van der Waals surface area (Å²) in [6.45, 7) is 1.85. The molecule has 1 heterocycles. The first kappa shape index (κ1) is 9.71. The number of aryl methyl sites for hydroxylation is 1. The van der Waals surface area contributed by atoms with Crippen molar-refractivity contribution in [2.45, 2.75) is 51.6 Å². The van der Waals surface area contributed by atoms with E-state index in [-0.39, 0.29) is 6.61 Å². The third-order valence-electron chi connectivity index (χ3n) is 3.01. The van der Waals surface area contributed by atoms with Crippen molar-refractivity contribution in [3.8, 4) is 0 Å². The zero-order valence-electron chi connectivity index (χ0n) is 8.62. The Balaban J connectivity index is 2.14. The molecular weight excluding hydrogens is 178 g/mol. The fraction of sp³-hybridized carbons (Fsp3) is 0.727. The van der Waals surface area contributed by atoms with E-state index in [0.29, 0.717) is 11.6 Å². The topological polar surface area (TPSA) is 46.3 Å². The van der Waals surface area contributed by atoms with E-state index in [9.17, 15) is 0 Å². The molecule has 0 aliphatic heterocycles. The van der Waals surface area contributed by atoms with Gasteiger partial charge in [-0.05, 0) is 19.8 Å². The van der Waals surface area contributed by atoms with Crippen LogP contribution < -0.4 is 0 Å². The number of hydrogen-bond acceptors (Lipinski definition) is 3. The molecule has 3 nitrogen and oxygen atoms in total. The van der Waals surface area contributed by atoms with Crippen LogP contribution in [0.25, 0.3) is 0 Å². The Bertz CT molecular complexity index is 300. The second kappa shape index (κ2) is 4.13. The molecule has 0 radical (unpaired) electrons. The molecule has 1 fully saturated rings. The lowest BCUT2D eigenvalue weighted by atomic mass is 9.89. The lowest BCUT2D eigenvalue weighted by Crippen LogP contribution is -2.04. The maximum atomic E-state index is 9.01. The average Bonchev–Trinajstić information content (AvgIpc) is 2.61. The van der Waals surface area contributed by atoms with E-state index in [1.54, 1.807) is 0 Å². The fourth-order valence-electron chi connectivity index (χ4n) is 2.12. The third-order valence-corrected chi connectivity index (χ3v) is 3.01.